The van der Waals surface area contributed by atoms with E-state index in [1.165, 1.54) is 0 Å². The predicted octanol–water partition coefficient (Wildman–Crippen LogP) is 3.69. The van der Waals surface area contributed by atoms with Crippen molar-refractivity contribution < 1.29 is 4.79 Å². The number of pyridine rings is 1. The second kappa shape index (κ2) is 7.43. The molecule has 1 aromatic carbocycles. The van der Waals surface area contributed by atoms with E-state index in [-0.39, 0.29) is 5.78 Å². The van der Waals surface area contributed by atoms with Crippen LogP contribution in [0, 0.1) is 17.2 Å². The Labute approximate surface area is 164 Å². The van der Waals surface area contributed by atoms with Crippen LogP contribution in [0.5, 0.6) is 0 Å². The number of ketones is 1. The molecule has 3 aromatic rings. The van der Waals surface area contributed by atoms with Crippen LogP contribution in [0.3, 0.4) is 0 Å². The molecule has 0 radical (unpaired) electrons. The molecular formula is C22H23N5O. The van der Waals surface area contributed by atoms with Gasteiger partial charge in [0.15, 0.2) is 11.7 Å². The number of hydrogen-bond acceptors (Lipinski definition) is 5. The average molecular weight is 373 g/mol. The SMILES string of the molecule is CC1CCN(c2ccc(C(=O)[C@@H](C#N)c3nc4ccccc4n3C)cn2)CC1. The number of imidazole rings is 1. The number of carbonyl (C=O) groups is 1. The van der Waals surface area contributed by atoms with Gasteiger partial charge in [-0.25, -0.2) is 9.97 Å². The number of hydrogen-bond donors (Lipinski definition) is 0. The van der Waals surface area contributed by atoms with Gasteiger partial charge in [0.1, 0.15) is 11.6 Å². The van der Waals surface area contributed by atoms with E-state index in [9.17, 15) is 10.1 Å². The lowest BCUT2D eigenvalue weighted by molar-refractivity contribution is 0.0975. The summed E-state index contributed by atoms with van der Waals surface area (Å²) in [6, 6.07) is 13.4. The fraction of sp³-hybridized carbons (Fsp3) is 0.364. The molecule has 0 aliphatic carbocycles. The van der Waals surface area contributed by atoms with E-state index in [0.717, 1.165) is 48.7 Å². The Kier molecular flexibility index (Phi) is 4.82. The molecular weight excluding hydrogens is 350 g/mol. The van der Waals surface area contributed by atoms with Gasteiger partial charge in [0.05, 0.1) is 17.1 Å². The van der Waals surface area contributed by atoms with Crippen molar-refractivity contribution in [2.24, 2.45) is 13.0 Å². The molecule has 28 heavy (non-hydrogen) atoms. The molecule has 1 fully saturated rings. The molecule has 142 valence electrons. The summed E-state index contributed by atoms with van der Waals surface area (Å²) >= 11 is 0. The van der Waals surface area contributed by atoms with Crippen LogP contribution in [0.15, 0.2) is 42.6 Å². The van der Waals surface area contributed by atoms with E-state index in [0.29, 0.717) is 11.4 Å². The number of para-hydroxylation sites is 2. The van der Waals surface area contributed by atoms with Crippen LogP contribution in [0.1, 0.15) is 41.9 Å². The lowest BCUT2D eigenvalue weighted by atomic mass is 9.98. The zero-order valence-corrected chi connectivity index (χ0v) is 16.2. The summed E-state index contributed by atoms with van der Waals surface area (Å²) in [7, 11) is 1.83. The average Bonchev–Trinajstić information content (AvgIpc) is 3.06. The van der Waals surface area contributed by atoms with Gasteiger partial charge in [0, 0.05) is 31.9 Å². The molecule has 0 N–H and O–H groups in total. The van der Waals surface area contributed by atoms with Crippen LogP contribution in [-0.4, -0.2) is 33.4 Å². The number of piperidine rings is 1. The minimum Gasteiger partial charge on any atom is -0.357 e. The van der Waals surface area contributed by atoms with Crippen molar-refractivity contribution in [2.45, 2.75) is 25.7 Å². The summed E-state index contributed by atoms with van der Waals surface area (Å²) in [6.07, 6.45) is 3.90. The van der Waals surface area contributed by atoms with Gasteiger partial charge >= 0.3 is 0 Å². The van der Waals surface area contributed by atoms with Crippen molar-refractivity contribution in [2.75, 3.05) is 18.0 Å². The maximum absolute atomic E-state index is 13.0. The summed E-state index contributed by atoms with van der Waals surface area (Å²) < 4.78 is 1.82. The van der Waals surface area contributed by atoms with E-state index in [4.69, 9.17) is 0 Å². The van der Waals surface area contributed by atoms with Crippen molar-refractivity contribution in [3.63, 3.8) is 0 Å². The van der Waals surface area contributed by atoms with Gasteiger partial charge in [0.2, 0.25) is 0 Å². The third-order valence-electron chi connectivity index (χ3n) is 5.61. The van der Waals surface area contributed by atoms with E-state index >= 15 is 0 Å². The molecule has 0 unspecified atom stereocenters. The number of Topliss-reactive ketones (excluding diaryl/α,β-unsaturated/α-hetero) is 1. The summed E-state index contributed by atoms with van der Waals surface area (Å²) in [6.45, 7) is 4.25. The summed E-state index contributed by atoms with van der Waals surface area (Å²) in [5, 5.41) is 9.69. The molecule has 3 heterocycles. The molecule has 0 amide bonds. The number of nitriles is 1. The maximum atomic E-state index is 13.0. The maximum Gasteiger partial charge on any atom is 0.189 e. The van der Waals surface area contributed by atoms with Crippen molar-refractivity contribution in [1.82, 2.24) is 14.5 Å². The standard InChI is InChI=1S/C22H23N5O/c1-15-9-11-27(12-10-15)20-8-7-16(14-24-20)21(28)17(13-23)22-25-18-5-3-4-6-19(18)26(22)2/h3-8,14-15,17H,9-12H2,1-2H3/t17-/m1/s1. The molecule has 2 aromatic heterocycles. The second-order valence-corrected chi connectivity index (χ2v) is 7.52. The number of aromatic nitrogens is 3. The smallest absolute Gasteiger partial charge is 0.189 e. The first-order valence-electron chi connectivity index (χ1n) is 9.64. The fourth-order valence-corrected chi connectivity index (χ4v) is 3.78. The van der Waals surface area contributed by atoms with Crippen LogP contribution >= 0.6 is 0 Å². The highest BCUT2D eigenvalue weighted by atomic mass is 16.1. The first-order valence-corrected chi connectivity index (χ1v) is 9.64. The Morgan fingerprint density at radius 3 is 2.61 bits per heavy atom. The Morgan fingerprint density at radius 2 is 1.96 bits per heavy atom. The molecule has 1 aliphatic rings. The summed E-state index contributed by atoms with van der Waals surface area (Å²) in [4.78, 5) is 24.3. The molecule has 1 atom stereocenters. The number of rotatable bonds is 4. The van der Waals surface area contributed by atoms with Crippen molar-refractivity contribution in [1.29, 1.82) is 5.26 Å². The van der Waals surface area contributed by atoms with Crippen LogP contribution in [0.4, 0.5) is 5.82 Å². The summed E-state index contributed by atoms with van der Waals surface area (Å²) in [5.74, 6) is 0.873. The fourth-order valence-electron chi connectivity index (χ4n) is 3.78. The van der Waals surface area contributed by atoms with Crippen LogP contribution in [0.25, 0.3) is 11.0 Å². The van der Waals surface area contributed by atoms with Gasteiger partial charge < -0.3 is 9.47 Å². The molecule has 4 rings (SSSR count). The number of benzene rings is 1. The highest BCUT2D eigenvalue weighted by molar-refractivity contribution is 6.02. The van der Waals surface area contributed by atoms with E-state index < -0.39 is 5.92 Å². The number of anilines is 1. The van der Waals surface area contributed by atoms with Crippen molar-refractivity contribution in [3.8, 4) is 6.07 Å². The molecule has 6 nitrogen and oxygen atoms in total. The van der Waals surface area contributed by atoms with Gasteiger partial charge in [0.25, 0.3) is 0 Å². The van der Waals surface area contributed by atoms with Gasteiger partial charge in [-0.2, -0.15) is 5.26 Å². The highest BCUT2D eigenvalue weighted by Crippen LogP contribution is 2.25. The van der Waals surface area contributed by atoms with E-state index in [1.807, 2.05) is 41.9 Å². The number of nitrogens with zero attached hydrogens (tertiary/aromatic N) is 5. The zero-order chi connectivity index (χ0) is 19.7. The van der Waals surface area contributed by atoms with Gasteiger partial charge in [-0.15, -0.1) is 0 Å². The quantitative estimate of drug-likeness (QED) is 0.652. The minimum atomic E-state index is -0.958. The van der Waals surface area contributed by atoms with Gasteiger partial charge in [-0.3, -0.25) is 4.79 Å². The van der Waals surface area contributed by atoms with Crippen molar-refractivity contribution >= 4 is 22.6 Å². The third-order valence-corrected chi connectivity index (χ3v) is 5.61. The molecule has 1 aliphatic heterocycles. The van der Waals surface area contributed by atoms with Crippen LogP contribution < -0.4 is 4.90 Å². The highest BCUT2D eigenvalue weighted by Gasteiger charge is 2.27. The Bertz CT molecular complexity index is 1040. The lowest BCUT2D eigenvalue weighted by Crippen LogP contribution is -2.33. The van der Waals surface area contributed by atoms with E-state index in [1.54, 1.807) is 12.3 Å². The van der Waals surface area contributed by atoms with Crippen LogP contribution in [-0.2, 0) is 7.05 Å². The largest absolute Gasteiger partial charge is 0.357 e. The Morgan fingerprint density at radius 1 is 1.21 bits per heavy atom. The first-order chi connectivity index (χ1) is 13.6. The number of aryl methyl sites for hydroxylation is 1. The van der Waals surface area contributed by atoms with Gasteiger partial charge in [-0.1, -0.05) is 19.1 Å². The monoisotopic (exact) mass is 373 g/mol. The third kappa shape index (κ3) is 3.24. The second-order valence-electron chi connectivity index (χ2n) is 7.52. The molecule has 0 spiro atoms. The molecule has 1 saturated heterocycles. The van der Waals surface area contributed by atoms with Crippen LogP contribution in [0.2, 0.25) is 0 Å². The number of carbonyl (C=O) groups excluding carboxylic acids is 1. The Balaban J connectivity index is 1.58. The topological polar surface area (TPSA) is 74.8 Å². The number of fused-ring (bicyclic) bond motifs is 1. The van der Waals surface area contributed by atoms with E-state index in [2.05, 4.69) is 27.9 Å². The normalized spacial score (nSPS) is 16.1. The minimum absolute atomic E-state index is 0.271. The van der Waals surface area contributed by atoms with Crippen molar-refractivity contribution in [3.05, 3.63) is 54.0 Å². The zero-order valence-electron chi connectivity index (χ0n) is 16.2. The first kappa shape index (κ1) is 18.2. The Hall–Kier alpha value is -3.20. The molecule has 6 heteroatoms. The molecule has 0 bridgehead atoms. The molecule has 0 saturated carbocycles. The summed E-state index contributed by atoms with van der Waals surface area (Å²) in [5.41, 5.74) is 2.12. The van der Waals surface area contributed by atoms with Gasteiger partial charge in [-0.05, 0) is 43.0 Å². The lowest BCUT2D eigenvalue weighted by Gasteiger charge is -2.31. The predicted molar refractivity (Wildman–Crippen MR) is 108 cm³/mol.